The van der Waals surface area contributed by atoms with Gasteiger partial charge in [-0.25, -0.2) is 4.79 Å². The Hall–Kier alpha value is -1.88. The fourth-order valence-electron chi connectivity index (χ4n) is 1.77. The molecule has 1 aromatic carbocycles. The molecule has 1 rings (SSSR count). The molecule has 0 aliphatic heterocycles. The van der Waals surface area contributed by atoms with E-state index in [2.05, 4.69) is 5.32 Å². The maximum Gasteiger partial charge on any atom is 0.326 e. The number of carboxylic acids is 1. The number of carboxylic acid groups (broad SMARTS) is 1. The van der Waals surface area contributed by atoms with Gasteiger partial charge in [-0.3, -0.25) is 4.79 Å². The number of methoxy groups -OCH3 is 1. The number of nitrogens with one attached hydrogen (secondary N) is 1. The minimum Gasteiger partial charge on any atom is -0.480 e. The summed E-state index contributed by atoms with van der Waals surface area (Å²) in [4.78, 5) is 22.9. The first-order valence-electron chi connectivity index (χ1n) is 6.61. The van der Waals surface area contributed by atoms with Crippen molar-refractivity contribution in [1.82, 2.24) is 5.32 Å². The smallest absolute Gasteiger partial charge is 0.326 e. The molecule has 0 radical (unpaired) electrons. The predicted molar refractivity (Wildman–Crippen MR) is 75.4 cm³/mol. The van der Waals surface area contributed by atoms with Crippen LogP contribution in [0.5, 0.6) is 0 Å². The van der Waals surface area contributed by atoms with Crippen LogP contribution in [-0.4, -0.2) is 36.2 Å². The van der Waals surface area contributed by atoms with Gasteiger partial charge < -0.3 is 15.2 Å². The van der Waals surface area contributed by atoms with E-state index in [1.807, 2.05) is 37.3 Å². The minimum absolute atomic E-state index is 0.0156. The molecule has 0 bridgehead atoms. The van der Waals surface area contributed by atoms with Gasteiger partial charge in [0.15, 0.2) is 0 Å². The number of hydrogen-bond donors (Lipinski definition) is 2. The first kappa shape index (κ1) is 16.2. The molecule has 0 spiro atoms. The van der Waals surface area contributed by atoms with Gasteiger partial charge in [0, 0.05) is 20.0 Å². The summed E-state index contributed by atoms with van der Waals surface area (Å²) in [7, 11) is 1.58. The minimum atomic E-state index is -1.03. The van der Waals surface area contributed by atoms with E-state index in [9.17, 15) is 9.59 Å². The summed E-state index contributed by atoms with van der Waals surface area (Å²) in [5, 5.41) is 11.7. The third kappa shape index (κ3) is 5.84. The van der Waals surface area contributed by atoms with E-state index in [0.29, 0.717) is 6.42 Å². The van der Waals surface area contributed by atoms with Gasteiger partial charge in [-0.05, 0) is 18.9 Å². The molecule has 0 fully saturated rings. The molecule has 2 atom stereocenters. The predicted octanol–water partition coefficient (Wildman–Crippen LogP) is 1.61. The molecule has 5 nitrogen and oxygen atoms in total. The Balaban J connectivity index is 2.51. The SMILES string of the molecule is COC(C)CCC(=O)NC(Cc1ccccc1)C(=O)O. The van der Waals surface area contributed by atoms with E-state index >= 15 is 0 Å². The highest BCUT2D eigenvalue weighted by Crippen LogP contribution is 2.05. The van der Waals surface area contributed by atoms with Crippen LogP contribution in [0.4, 0.5) is 0 Å². The quantitative estimate of drug-likeness (QED) is 0.758. The summed E-state index contributed by atoms with van der Waals surface area (Å²) in [6.07, 6.45) is 1.09. The molecular formula is C15H21NO4. The van der Waals surface area contributed by atoms with Crippen molar-refractivity contribution in [2.45, 2.75) is 38.3 Å². The Bertz CT molecular complexity index is 433. The Morgan fingerprint density at radius 1 is 1.30 bits per heavy atom. The van der Waals surface area contributed by atoms with Gasteiger partial charge in [0.2, 0.25) is 5.91 Å². The van der Waals surface area contributed by atoms with Crippen LogP contribution in [0.1, 0.15) is 25.3 Å². The summed E-state index contributed by atoms with van der Waals surface area (Å²) >= 11 is 0. The van der Waals surface area contributed by atoms with Gasteiger partial charge in [-0.2, -0.15) is 0 Å². The highest BCUT2D eigenvalue weighted by molar-refractivity contribution is 5.83. The average molecular weight is 279 g/mol. The summed E-state index contributed by atoms with van der Waals surface area (Å²) in [5.74, 6) is -1.29. The molecule has 2 N–H and O–H groups in total. The molecular weight excluding hydrogens is 258 g/mol. The van der Waals surface area contributed by atoms with E-state index in [1.54, 1.807) is 7.11 Å². The zero-order chi connectivity index (χ0) is 15.0. The summed E-state index contributed by atoms with van der Waals surface area (Å²) < 4.78 is 5.05. The van der Waals surface area contributed by atoms with Crippen molar-refractivity contribution in [1.29, 1.82) is 0 Å². The first-order chi connectivity index (χ1) is 9.52. The highest BCUT2D eigenvalue weighted by Gasteiger charge is 2.20. The first-order valence-corrected chi connectivity index (χ1v) is 6.61. The lowest BCUT2D eigenvalue weighted by Crippen LogP contribution is -2.42. The molecule has 1 aromatic rings. The molecule has 1 amide bonds. The van der Waals surface area contributed by atoms with Crippen LogP contribution in [0.25, 0.3) is 0 Å². The molecule has 0 aromatic heterocycles. The van der Waals surface area contributed by atoms with Crippen LogP contribution in [0.2, 0.25) is 0 Å². The van der Waals surface area contributed by atoms with Gasteiger partial charge in [0.1, 0.15) is 6.04 Å². The number of ether oxygens (including phenoxy) is 1. The zero-order valence-corrected chi connectivity index (χ0v) is 11.8. The van der Waals surface area contributed by atoms with E-state index in [-0.39, 0.29) is 24.9 Å². The van der Waals surface area contributed by atoms with Crippen molar-refractivity contribution in [2.24, 2.45) is 0 Å². The lowest BCUT2D eigenvalue weighted by Gasteiger charge is -2.15. The van der Waals surface area contributed by atoms with Crippen LogP contribution in [0.3, 0.4) is 0 Å². The Kier molecular flexibility index (Phi) is 6.73. The monoisotopic (exact) mass is 279 g/mol. The van der Waals surface area contributed by atoms with Crippen molar-refractivity contribution in [2.75, 3.05) is 7.11 Å². The molecule has 0 aliphatic rings. The van der Waals surface area contributed by atoms with Crippen molar-refractivity contribution < 1.29 is 19.4 Å². The van der Waals surface area contributed by atoms with E-state index in [4.69, 9.17) is 9.84 Å². The lowest BCUT2D eigenvalue weighted by atomic mass is 10.1. The lowest BCUT2D eigenvalue weighted by molar-refractivity contribution is -0.141. The standard InChI is InChI=1S/C15H21NO4/c1-11(20-2)8-9-14(17)16-13(15(18)19)10-12-6-4-3-5-7-12/h3-7,11,13H,8-10H2,1-2H3,(H,16,17)(H,18,19). The largest absolute Gasteiger partial charge is 0.480 e. The van der Waals surface area contributed by atoms with E-state index in [1.165, 1.54) is 0 Å². The summed E-state index contributed by atoms with van der Waals surface area (Å²) in [6.45, 7) is 1.87. The Morgan fingerprint density at radius 3 is 2.50 bits per heavy atom. The normalized spacial score (nSPS) is 13.5. The van der Waals surface area contributed by atoms with Crippen molar-refractivity contribution in [3.8, 4) is 0 Å². The number of rotatable bonds is 8. The van der Waals surface area contributed by atoms with Gasteiger partial charge in [0.25, 0.3) is 0 Å². The molecule has 0 aliphatic carbocycles. The van der Waals surface area contributed by atoms with Gasteiger partial charge in [-0.1, -0.05) is 30.3 Å². The third-order valence-corrected chi connectivity index (χ3v) is 3.10. The van der Waals surface area contributed by atoms with Crippen molar-refractivity contribution in [3.05, 3.63) is 35.9 Å². The Labute approximate surface area is 118 Å². The Morgan fingerprint density at radius 2 is 1.95 bits per heavy atom. The van der Waals surface area contributed by atoms with Crippen LogP contribution in [0.15, 0.2) is 30.3 Å². The van der Waals surface area contributed by atoms with Gasteiger partial charge in [0.05, 0.1) is 6.10 Å². The molecule has 110 valence electrons. The van der Waals surface area contributed by atoms with E-state index < -0.39 is 12.0 Å². The molecule has 0 saturated carbocycles. The molecule has 20 heavy (non-hydrogen) atoms. The van der Waals surface area contributed by atoms with Crippen molar-refractivity contribution >= 4 is 11.9 Å². The number of carbonyl (C=O) groups excluding carboxylic acids is 1. The second kappa shape index (κ2) is 8.32. The average Bonchev–Trinajstić information content (AvgIpc) is 2.45. The summed E-state index contributed by atoms with van der Waals surface area (Å²) in [5.41, 5.74) is 0.880. The van der Waals surface area contributed by atoms with E-state index in [0.717, 1.165) is 5.56 Å². The zero-order valence-electron chi connectivity index (χ0n) is 11.8. The number of carbonyl (C=O) groups is 2. The fourth-order valence-corrected chi connectivity index (χ4v) is 1.77. The number of benzene rings is 1. The van der Waals surface area contributed by atoms with Crippen molar-refractivity contribution in [3.63, 3.8) is 0 Å². The summed E-state index contributed by atoms with van der Waals surface area (Å²) in [6, 6.07) is 8.34. The second-order valence-corrected chi connectivity index (χ2v) is 4.73. The number of amides is 1. The van der Waals surface area contributed by atoms with Crippen LogP contribution >= 0.6 is 0 Å². The molecule has 0 heterocycles. The number of hydrogen-bond acceptors (Lipinski definition) is 3. The fraction of sp³-hybridized carbons (Fsp3) is 0.467. The molecule has 0 saturated heterocycles. The number of aliphatic carboxylic acids is 1. The van der Waals surface area contributed by atoms with Crippen LogP contribution < -0.4 is 5.32 Å². The third-order valence-electron chi connectivity index (χ3n) is 3.10. The topological polar surface area (TPSA) is 75.6 Å². The van der Waals surface area contributed by atoms with Crippen LogP contribution in [-0.2, 0) is 20.7 Å². The maximum atomic E-state index is 11.7. The second-order valence-electron chi connectivity index (χ2n) is 4.73. The van der Waals surface area contributed by atoms with Crippen LogP contribution in [0, 0.1) is 0 Å². The maximum absolute atomic E-state index is 11.7. The molecule has 5 heteroatoms. The highest BCUT2D eigenvalue weighted by atomic mass is 16.5. The van der Waals surface area contributed by atoms with Gasteiger partial charge in [-0.15, -0.1) is 0 Å². The van der Waals surface area contributed by atoms with Gasteiger partial charge >= 0.3 is 5.97 Å². The molecule has 2 unspecified atom stereocenters.